The average molecular weight is 175 g/mol. The van der Waals surface area contributed by atoms with E-state index in [0.717, 1.165) is 0 Å². The van der Waals surface area contributed by atoms with Crippen LogP contribution in [0.5, 0.6) is 0 Å². The molecule has 1 aromatic rings. The Kier molecular flexibility index (Phi) is 2.85. The molecule has 0 heterocycles. The minimum absolute atomic E-state index is 0.0868. The van der Waals surface area contributed by atoms with Gasteiger partial charge in [0.1, 0.15) is 5.82 Å². The van der Waals surface area contributed by atoms with Gasteiger partial charge in [-0.3, -0.25) is 0 Å². The van der Waals surface area contributed by atoms with Gasteiger partial charge in [0.25, 0.3) is 0 Å². The summed E-state index contributed by atoms with van der Waals surface area (Å²) in [6.45, 7) is 0. The molecule has 0 spiro atoms. The summed E-state index contributed by atoms with van der Waals surface area (Å²) in [4.78, 5) is 0. The Morgan fingerprint density at radius 2 is 2.27 bits per heavy atom. The number of halogens is 2. The standard InChI is InChI=1S/C8H8ClFO/c9-5-8(11)6-2-1-3-7(10)4-6/h1-4,8,11H,5H2/t8-/m0/s1. The summed E-state index contributed by atoms with van der Waals surface area (Å²) >= 11 is 5.37. The number of hydrogen-bond donors (Lipinski definition) is 1. The van der Waals surface area contributed by atoms with Crippen molar-refractivity contribution >= 4 is 11.6 Å². The molecule has 60 valence electrons. The van der Waals surface area contributed by atoms with Gasteiger partial charge >= 0.3 is 0 Å². The molecule has 1 atom stereocenters. The van der Waals surface area contributed by atoms with Gasteiger partial charge < -0.3 is 5.11 Å². The zero-order valence-corrected chi connectivity index (χ0v) is 6.55. The SMILES string of the molecule is O[C@@H](CCl)c1cccc(F)c1. The molecule has 1 aromatic carbocycles. The van der Waals surface area contributed by atoms with Gasteiger partial charge in [0, 0.05) is 0 Å². The van der Waals surface area contributed by atoms with Gasteiger partial charge in [-0.25, -0.2) is 4.39 Å². The molecule has 0 radical (unpaired) electrons. The van der Waals surface area contributed by atoms with Crippen molar-refractivity contribution in [2.75, 3.05) is 5.88 Å². The lowest BCUT2D eigenvalue weighted by molar-refractivity contribution is 0.202. The maximum atomic E-state index is 12.5. The first-order valence-electron chi connectivity index (χ1n) is 3.23. The van der Waals surface area contributed by atoms with E-state index in [1.807, 2.05) is 0 Å². The highest BCUT2D eigenvalue weighted by Crippen LogP contribution is 2.14. The Morgan fingerprint density at radius 1 is 1.55 bits per heavy atom. The average Bonchev–Trinajstić information content (AvgIpc) is 2.03. The van der Waals surface area contributed by atoms with Crippen LogP contribution < -0.4 is 0 Å². The highest BCUT2D eigenvalue weighted by atomic mass is 35.5. The van der Waals surface area contributed by atoms with Crippen LogP contribution >= 0.6 is 11.6 Å². The van der Waals surface area contributed by atoms with Crippen LogP contribution in [0.3, 0.4) is 0 Å². The van der Waals surface area contributed by atoms with E-state index in [0.29, 0.717) is 5.56 Å². The fourth-order valence-electron chi connectivity index (χ4n) is 0.803. The van der Waals surface area contributed by atoms with E-state index in [1.54, 1.807) is 12.1 Å². The molecule has 0 saturated heterocycles. The van der Waals surface area contributed by atoms with E-state index in [-0.39, 0.29) is 11.7 Å². The van der Waals surface area contributed by atoms with Gasteiger partial charge in [-0.15, -0.1) is 11.6 Å². The number of hydrogen-bond acceptors (Lipinski definition) is 1. The van der Waals surface area contributed by atoms with Crippen molar-refractivity contribution in [2.24, 2.45) is 0 Å². The molecule has 0 aliphatic heterocycles. The molecule has 0 bridgehead atoms. The first kappa shape index (κ1) is 8.50. The third kappa shape index (κ3) is 2.17. The molecule has 0 aliphatic carbocycles. The maximum absolute atomic E-state index is 12.5. The summed E-state index contributed by atoms with van der Waals surface area (Å²) in [7, 11) is 0. The molecular weight excluding hydrogens is 167 g/mol. The smallest absolute Gasteiger partial charge is 0.123 e. The van der Waals surface area contributed by atoms with E-state index in [1.165, 1.54) is 12.1 Å². The van der Waals surface area contributed by atoms with E-state index < -0.39 is 6.10 Å². The molecule has 0 aromatic heterocycles. The van der Waals surface area contributed by atoms with Gasteiger partial charge in [0.15, 0.2) is 0 Å². The lowest BCUT2D eigenvalue weighted by Gasteiger charge is -2.05. The quantitative estimate of drug-likeness (QED) is 0.681. The summed E-state index contributed by atoms with van der Waals surface area (Å²) < 4.78 is 12.5. The van der Waals surface area contributed by atoms with Crippen molar-refractivity contribution in [3.63, 3.8) is 0 Å². The van der Waals surface area contributed by atoms with Crippen LogP contribution in [0.2, 0.25) is 0 Å². The molecule has 0 unspecified atom stereocenters. The van der Waals surface area contributed by atoms with Gasteiger partial charge in [-0.2, -0.15) is 0 Å². The Bertz CT molecular complexity index is 239. The predicted octanol–water partition coefficient (Wildman–Crippen LogP) is 2.10. The maximum Gasteiger partial charge on any atom is 0.123 e. The largest absolute Gasteiger partial charge is 0.387 e. The van der Waals surface area contributed by atoms with Crippen molar-refractivity contribution < 1.29 is 9.50 Å². The monoisotopic (exact) mass is 174 g/mol. The highest BCUT2D eigenvalue weighted by molar-refractivity contribution is 6.18. The Labute approximate surface area is 69.4 Å². The van der Waals surface area contributed by atoms with Crippen LogP contribution in [0.4, 0.5) is 4.39 Å². The number of rotatable bonds is 2. The van der Waals surface area contributed by atoms with Crippen LogP contribution in [-0.2, 0) is 0 Å². The number of benzene rings is 1. The van der Waals surface area contributed by atoms with E-state index >= 15 is 0 Å². The molecule has 0 amide bonds. The molecule has 0 aliphatic rings. The lowest BCUT2D eigenvalue weighted by Crippen LogP contribution is -1.98. The minimum atomic E-state index is -0.771. The molecule has 1 rings (SSSR count). The van der Waals surface area contributed by atoms with Crippen LogP contribution in [0.15, 0.2) is 24.3 Å². The summed E-state index contributed by atoms with van der Waals surface area (Å²) in [5.74, 6) is -0.268. The van der Waals surface area contributed by atoms with Crippen molar-refractivity contribution in [2.45, 2.75) is 6.10 Å². The zero-order chi connectivity index (χ0) is 8.27. The lowest BCUT2D eigenvalue weighted by atomic mass is 10.1. The summed E-state index contributed by atoms with van der Waals surface area (Å²) in [5, 5.41) is 9.16. The minimum Gasteiger partial charge on any atom is -0.387 e. The Morgan fingerprint density at radius 3 is 2.82 bits per heavy atom. The summed E-state index contributed by atoms with van der Waals surface area (Å²) in [6.07, 6.45) is -0.771. The van der Waals surface area contributed by atoms with Gasteiger partial charge in [0.2, 0.25) is 0 Å². The van der Waals surface area contributed by atoms with Crippen LogP contribution in [0, 0.1) is 5.82 Å². The molecule has 1 N–H and O–H groups in total. The van der Waals surface area contributed by atoms with E-state index in [2.05, 4.69) is 0 Å². The Hall–Kier alpha value is -0.600. The predicted molar refractivity (Wildman–Crippen MR) is 42.1 cm³/mol. The van der Waals surface area contributed by atoms with E-state index in [4.69, 9.17) is 16.7 Å². The van der Waals surface area contributed by atoms with Crippen molar-refractivity contribution in [3.05, 3.63) is 35.6 Å². The third-order valence-electron chi connectivity index (χ3n) is 1.38. The molecule has 11 heavy (non-hydrogen) atoms. The fraction of sp³-hybridized carbons (Fsp3) is 0.250. The second-order valence-electron chi connectivity index (χ2n) is 2.23. The van der Waals surface area contributed by atoms with Gasteiger partial charge in [0.05, 0.1) is 12.0 Å². The number of aliphatic hydroxyl groups is 1. The fourth-order valence-corrected chi connectivity index (χ4v) is 0.981. The summed E-state index contributed by atoms with van der Waals surface area (Å²) in [5.41, 5.74) is 0.514. The molecule has 0 fully saturated rings. The molecule has 0 saturated carbocycles. The van der Waals surface area contributed by atoms with Crippen LogP contribution in [0.1, 0.15) is 11.7 Å². The first-order valence-corrected chi connectivity index (χ1v) is 3.77. The number of aliphatic hydroxyl groups excluding tert-OH is 1. The zero-order valence-electron chi connectivity index (χ0n) is 5.80. The highest BCUT2D eigenvalue weighted by Gasteiger charge is 2.05. The van der Waals surface area contributed by atoms with Crippen molar-refractivity contribution in [1.29, 1.82) is 0 Å². The van der Waals surface area contributed by atoms with Crippen LogP contribution in [0.25, 0.3) is 0 Å². The van der Waals surface area contributed by atoms with E-state index in [9.17, 15) is 4.39 Å². The van der Waals surface area contributed by atoms with Crippen molar-refractivity contribution in [3.8, 4) is 0 Å². The summed E-state index contributed by atoms with van der Waals surface area (Å²) in [6, 6.07) is 5.77. The number of alkyl halides is 1. The topological polar surface area (TPSA) is 20.2 Å². The third-order valence-corrected chi connectivity index (χ3v) is 1.67. The van der Waals surface area contributed by atoms with Gasteiger partial charge in [-0.05, 0) is 17.7 Å². The Balaban J connectivity index is 2.86. The second kappa shape index (κ2) is 3.69. The normalized spacial score (nSPS) is 13.0. The first-order chi connectivity index (χ1) is 5.24. The molecule has 1 nitrogen and oxygen atoms in total. The van der Waals surface area contributed by atoms with Crippen molar-refractivity contribution in [1.82, 2.24) is 0 Å². The molecular formula is C8H8ClFO. The van der Waals surface area contributed by atoms with Crippen LogP contribution in [-0.4, -0.2) is 11.0 Å². The molecule has 3 heteroatoms. The van der Waals surface area contributed by atoms with Gasteiger partial charge in [-0.1, -0.05) is 12.1 Å². The second-order valence-corrected chi connectivity index (χ2v) is 2.53.